The van der Waals surface area contributed by atoms with Gasteiger partial charge in [0, 0.05) is 0 Å². The van der Waals surface area contributed by atoms with E-state index in [1.54, 1.807) is 5.10 Å². The van der Waals surface area contributed by atoms with Crippen LogP contribution in [0.5, 0.6) is 0 Å². The van der Waals surface area contributed by atoms with Gasteiger partial charge in [0.15, 0.2) is 5.82 Å². The molecule has 0 radical (unpaired) electrons. The zero-order chi connectivity index (χ0) is 11.8. The maximum atomic E-state index is 13.2. The number of hydrogen-bond donors (Lipinski definition) is 1. The van der Waals surface area contributed by atoms with Crippen LogP contribution < -0.4 is 0 Å². The maximum Gasteiger partial charge on any atom is 0.451 e. The summed E-state index contributed by atoms with van der Waals surface area (Å²) in [7, 11) is 0. The summed E-state index contributed by atoms with van der Waals surface area (Å²) in [5, 5.41) is 5.04. The second kappa shape index (κ2) is 3.58. The number of aromatic nitrogens is 3. The largest absolute Gasteiger partial charge is 0.451 e. The van der Waals surface area contributed by atoms with Crippen molar-refractivity contribution in [3.05, 3.63) is 35.9 Å². The highest BCUT2D eigenvalue weighted by molar-refractivity contribution is 5.55. The van der Waals surface area contributed by atoms with Crippen LogP contribution in [0.2, 0.25) is 0 Å². The number of halogens is 4. The van der Waals surface area contributed by atoms with E-state index < -0.39 is 17.8 Å². The number of benzene rings is 1. The number of hydrogen-bond acceptors (Lipinski definition) is 2. The minimum Gasteiger partial charge on any atom is -0.255 e. The number of rotatable bonds is 1. The Kier molecular flexibility index (Phi) is 2.37. The predicted molar refractivity (Wildman–Crippen MR) is 46.8 cm³/mol. The first-order valence-corrected chi connectivity index (χ1v) is 4.23. The Morgan fingerprint density at radius 1 is 1.12 bits per heavy atom. The molecule has 0 aliphatic rings. The molecule has 0 saturated carbocycles. The molecule has 0 atom stereocenters. The van der Waals surface area contributed by atoms with Crippen LogP contribution in [0, 0.1) is 5.82 Å². The van der Waals surface area contributed by atoms with Gasteiger partial charge in [0.05, 0.1) is 5.56 Å². The average Bonchev–Trinajstić information content (AvgIpc) is 2.66. The van der Waals surface area contributed by atoms with Crippen LogP contribution in [-0.2, 0) is 6.18 Å². The molecule has 0 fully saturated rings. The molecular weight excluding hydrogens is 226 g/mol. The van der Waals surface area contributed by atoms with Gasteiger partial charge in [-0.1, -0.05) is 12.1 Å². The van der Waals surface area contributed by atoms with Crippen LogP contribution in [0.3, 0.4) is 0 Å². The molecule has 16 heavy (non-hydrogen) atoms. The fourth-order valence-corrected chi connectivity index (χ4v) is 1.15. The normalized spacial score (nSPS) is 11.8. The van der Waals surface area contributed by atoms with Gasteiger partial charge in [0.25, 0.3) is 0 Å². The van der Waals surface area contributed by atoms with Gasteiger partial charge >= 0.3 is 6.18 Å². The zero-order valence-electron chi connectivity index (χ0n) is 7.72. The van der Waals surface area contributed by atoms with Crippen molar-refractivity contribution < 1.29 is 17.6 Å². The molecule has 2 rings (SSSR count). The number of aromatic amines is 1. The van der Waals surface area contributed by atoms with Crippen molar-refractivity contribution in [2.45, 2.75) is 6.18 Å². The number of H-pyrrole nitrogens is 1. The van der Waals surface area contributed by atoms with Gasteiger partial charge in [-0.3, -0.25) is 5.10 Å². The molecule has 0 unspecified atom stereocenters. The first kappa shape index (κ1) is 10.6. The minimum atomic E-state index is -4.61. The van der Waals surface area contributed by atoms with Crippen molar-refractivity contribution >= 4 is 0 Å². The predicted octanol–water partition coefficient (Wildman–Crippen LogP) is 2.63. The molecule has 2 aromatic rings. The van der Waals surface area contributed by atoms with Crippen LogP contribution in [0.25, 0.3) is 11.4 Å². The van der Waals surface area contributed by atoms with Gasteiger partial charge in [0.2, 0.25) is 5.82 Å². The molecule has 7 heteroatoms. The van der Waals surface area contributed by atoms with Gasteiger partial charge in [-0.15, -0.1) is 0 Å². The summed E-state index contributed by atoms with van der Waals surface area (Å²) >= 11 is 0. The van der Waals surface area contributed by atoms with Crippen molar-refractivity contribution in [1.82, 2.24) is 15.2 Å². The van der Waals surface area contributed by atoms with Crippen molar-refractivity contribution in [3.8, 4) is 11.4 Å². The van der Waals surface area contributed by atoms with E-state index in [1.807, 2.05) is 0 Å². The molecule has 0 bridgehead atoms. The molecule has 0 saturated heterocycles. The number of alkyl halides is 3. The van der Waals surface area contributed by atoms with Crippen LogP contribution in [0.1, 0.15) is 5.82 Å². The first-order chi connectivity index (χ1) is 7.48. The van der Waals surface area contributed by atoms with E-state index in [0.29, 0.717) is 0 Å². The summed E-state index contributed by atoms with van der Waals surface area (Å²) in [6, 6.07) is 5.34. The van der Waals surface area contributed by atoms with E-state index in [4.69, 9.17) is 0 Å². The number of nitrogens with zero attached hydrogens (tertiary/aromatic N) is 2. The third-order valence-corrected chi connectivity index (χ3v) is 1.87. The summed E-state index contributed by atoms with van der Waals surface area (Å²) in [6.45, 7) is 0. The van der Waals surface area contributed by atoms with Crippen LogP contribution in [0.15, 0.2) is 24.3 Å². The third kappa shape index (κ3) is 1.88. The van der Waals surface area contributed by atoms with Crippen molar-refractivity contribution in [2.75, 3.05) is 0 Å². The summed E-state index contributed by atoms with van der Waals surface area (Å²) < 4.78 is 49.8. The average molecular weight is 231 g/mol. The lowest BCUT2D eigenvalue weighted by Crippen LogP contribution is -2.07. The summed E-state index contributed by atoms with van der Waals surface area (Å²) in [5.41, 5.74) is -0.0748. The van der Waals surface area contributed by atoms with E-state index in [9.17, 15) is 17.6 Å². The fraction of sp³-hybridized carbons (Fsp3) is 0.111. The molecule has 1 N–H and O–H groups in total. The minimum absolute atomic E-state index is 0.0748. The van der Waals surface area contributed by atoms with Gasteiger partial charge in [-0.05, 0) is 12.1 Å². The fourth-order valence-electron chi connectivity index (χ4n) is 1.15. The molecule has 0 spiro atoms. The molecule has 1 aromatic heterocycles. The van der Waals surface area contributed by atoms with Gasteiger partial charge in [-0.25, -0.2) is 9.37 Å². The van der Waals surface area contributed by atoms with Crippen molar-refractivity contribution in [1.29, 1.82) is 0 Å². The summed E-state index contributed by atoms with van der Waals surface area (Å²) in [4.78, 5) is 3.18. The monoisotopic (exact) mass is 231 g/mol. The molecular formula is C9H5F4N3. The summed E-state index contributed by atoms with van der Waals surface area (Å²) in [5.74, 6) is -2.23. The standard InChI is InChI=1S/C9H5F4N3/c10-6-4-2-1-3-5(6)7-14-8(16-15-7)9(11,12)13/h1-4H,(H,14,15,16). The lowest BCUT2D eigenvalue weighted by atomic mass is 10.2. The Labute approximate surface area is 87.1 Å². The quantitative estimate of drug-likeness (QED) is 0.766. The SMILES string of the molecule is Fc1ccccc1-c1n[nH]c(C(F)(F)F)n1. The van der Waals surface area contributed by atoms with Gasteiger partial charge in [-0.2, -0.15) is 18.3 Å². The van der Waals surface area contributed by atoms with E-state index in [0.717, 1.165) is 6.07 Å². The van der Waals surface area contributed by atoms with E-state index in [2.05, 4.69) is 10.1 Å². The summed E-state index contributed by atoms with van der Waals surface area (Å²) in [6.07, 6.45) is -4.61. The first-order valence-electron chi connectivity index (χ1n) is 4.23. The highest BCUT2D eigenvalue weighted by Crippen LogP contribution is 2.28. The third-order valence-electron chi connectivity index (χ3n) is 1.87. The van der Waals surface area contributed by atoms with Crippen molar-refractivity contribution in [2.24, 2.45) is 0 Å². The van der Waals surface area contributed by atoms with Gasteiger partial charge < -0.3 is 0 Å². The van der Waals surface area contributed by atoms with Gasteiger partial charge in [0.1, 0.15) is 5.82 Å². The Bertz CT molecular complexity index is 503. The lowest BCUT2D eigenvalue weighted by molar-refractivity contribution is -0.144. The van der Waals surface area contributed by atoms with E-state index >= 15 is 0 Å². The van der Waals surface area contributed by atoms with Crippen molar-refractivity contribution in [3.63, 3.8) is 0 Å². The highest BCUT2D eigenvalue weighted by atomic mass is 19.4. The Morgan fingerprint density at radius 2 is 1.81 bits per heavy atom. The Hall–Kier alpha value is -1.92. The molecule has 0 aliphatic heterocycles. The molecule has 0 amide bonds. The van der Waals surface area contributed by atoms with Crippen LogP contribution in [0.4, 0.5) is 17.6 Å². The maximum absolute atomic E-state index is 13.2. The molecule has 1 heterocycles. The Balaban J connectivity index is 2.44. The lowest BCUT2D eigenvalue weighted by Gasteiger charge is -1.99. The topological polar surface area (TPSA) is 41.6 Å². The highest BCUT2D eigenvalue weighted by Gasteiger charge is 2.35. The van der Waals surface area contributed by atoms with E-state index in [1.165, 1.54) is 18.2 Å². The van der Waals surface area contributed by atoms with E-state index in [-0.39, 0.29) is 11.4 Å². The molecule has 1 aromatic carbocycles. The second-order valence-electron chi connectivity index (χ2n) is 2.99. The second-order valence-corrected chi connectivity index (χ2v) is 2.99. The molecule has 0 aliphatic carbocycles. The molecule has 84 valence electrons. The van der Waals surface area contributed by atoms with Crippen LogP contribution in [-0.4, -0.2) is 15.2 Å². The Morgan fingerprint density at radius 3 is 2.38 bits per heavy atom. The smallest absolute Gasteiger partial charge is 0.255 e. The zero-order valence-corrected chi connectivity index (χ0v) is 7.72. The van der Waals surface area contributed by atoms with Crippen LogP contribution >= 0.6 is 0 Å². The number of nitrogens with one attached hydrogen (secondary N) is 1. The molecule has 3 nitrogen and oxygen atoms in total.